The molecule has 0 radical (unpaired) electrons. The summed E-state index contributed by atoms with van der Waals surface area (Å²) in [6.45, 7) is 1.68. The second kappa shape index (κ2) is 6.78. The lowest BCUT2D eigenvalue weighted by atomic mass is 10.0. The summed E-state index contributed by atoms with van der Waals surface area (Å²) >= 11 is 0. The molecule has 2 atom stereocenters. The molecule has 1 aromatic heterocycles. The number of pyridine rings is 1. The fourth-order valence-electron chi connectivity index (χ4n) is 1.59. The maximum atomic E-state index is 11.2. The molecule has 0 bridgehead atoms. The highest BCUT2D eigenvalue weighted by Crippen LogP contribution is 2.26. The van der Waals surface area contributed by atoms with Crippen molar-refractivity contribution in [2.75, 3.05) is 6.61 Å². The van der Waals surface area contributed by atoms with Gasteiger partial charge in [-0.1, -0.05) is 0 Å². The number of nitrogens with zero attached hydrogens (tertiary/aromatic N) is 2. The monoisotopic (exact) mass is 286 g/mol. The van der Waals surface area contributed by atoms with Crippen molar-refractivity contribution >= 4 is 11.7 Å². The lowest BCUT2D eigenvalue weighted by molar-refractivity contribution is -0.606. The van der Waals surface area contributed by atoms with Gasteiger partial charge in [0.25, 0.3) is 5.69 Å². The van der Waals surface area contributed by atoms with Gasteiger partial charge in [0.15, 0.2) is 12.4 Å². The summed E-state index contributed by atoms with van der Waals surface area (Å²) in [5, 5.41) is 41.4. The molecule has 2 N–H and O–H groups in total. The number of ether oxygens (including phenoxy) is 1. The van der Waals surface area contributed by atoms with Gasteiger partial charge in [-0.25, -0.2) is 0 Å². The summed E-state index contributed by atoms with van der Waals surface area (Å²) in [7, 11) is 0. The topological polar surface area (TPSA) is 137 Å². The van der Waals surface area contributed by atoms with E-state index in [1.807, 2.05) is 0 Å². The third-order valence-corrected chi connectivity index (χ3v) is 2.50. The Hall–Kier alpha value is -2.26. The van der Waals surface area contributed by atoms with Gasteiger partial charge in [0.1, 0.15) is 11.7 Å². The maximum Gasteiger partial charge on any atom is 0.308 e. The third kappa shape index (κ3) is 3.87. The molecule has 0 saturated heterocycles. The van der Waals surface area contributed by atoms with Crippen LogP contribution in [0.25, 0.3) is 0 Å². The minimum atomic E-state index is -1.75. The number of rotatable bonds is 6. The summed E-state index contributed by atoms with van der Waals surface area (Å²) in [4.78, 5) is 21.2. The molecular formula is C11H14N2O7. The van der Waals surface area contributed by atoms with Crippen LogP contribution in [0.2, 0.25) is 0 Å². The lowest BCUT2D eigenvalue weighted by Gasteiger charge is -2.16. The van der Waals surface area contributed by atoms with E-state index in [0.717, 1.165) is 18.5 Å². The SMILES string of the molecule is CCOC(=O)CC(O)C(O)c1c[n+]([O-])ccc1[N+](=O)[O-]. The van der Waals surface area contributed by atoms with E-state index in [0.29, 0.717) is 0 Å². The van der Waals surface area contributed by atoms with Gasteiger partial charge in [-0.15, -0.1) is 0 Å². The highest BCUT2D eigenvalue weighted by atomic mass is 16.6. The third-order valence-electron chi connectivity index (χ3n) is 2.50. The predicted molar refractivity (Wildman–Crippen MR) is 64.3 cm³/mol. The van der Waals surface area contributed by atoms with E-state index in [1.54, 1.807) is 6.92 Å². The van der Waals surface area contributed by atoms with E-state index in [-0.39, 0.29) is 16.9 Å². The molecule has 110 valence electrons. The van der Waals surface area contributed by atoms with Gasteiger partial charge in [0, 0.05) is 0 Å². The average Bonchev–Trinajstić information content (AvgIpc) is 2.37. The summed E-state index contributed by atoms with van der Waals surface area (Å²) in [6.07, 6.45) is -2.24. The van der Waals surface area contributed by atoms with Crippen molar-refractivity contribution in [3.63, 3.8) is 0 Å². The van der Waals surface area contributed by atoms with E-state index in [4.69, 9.17) is 0 Å². The van der Waals surface area contributed by atoms with Gasteiger partial charge in [0.05, 0.1) is 30.1 Å². The van der Waals surface area contributed by atoms with E-state index in [1.165, 1.54) is 0 Å². The minimum Gasteiger partial charge on any atom is -0.619 e. The first-order valence-electron chi connectivity index (χ1n) is 5.75. The van der Waals surface area contributed by atoms with Crippen LogP contribution in [-0.4, -0.2) is 33.8 Å². The second-order valence-corrected chi connectivity index (χ2v) is 3.92. The fourth-order valence-corrected chi connectivity index (χ4v) is 1.59. The summed E-state index contributed by atoms with van der Waals surface area (Å²) < 4.78 is 4.84. The summed E-state index contributed by atoms with van der Waals surface area (Å²) in [6, 6.07) is 0.905. The molecule has 0 aromatic carbocycles. The van der Waals surface area contributed by atoms with Crippen LogP contribution >= 0.6 is 0 Å². The normalized spacial score (nSPS) is 13.6. The molecule has 0 saturated carbocycles. The van der Waals surface area contributed by atoms with Crippen LogP contribution in [0, 0.1) is 15.3 Å². The number of aliphatic hydroxyl groups is 2. The highest BCUT2D eigenvalue weighted by Gasteiger charge is 2.30. The van der Waals surface area contributed by atoms with Crippen LogP contribution in [0.1, 0.15) is 25.0 Å². The molecule has 0 amide bonds. The van der Waals surface area contributed by atoms with Gasteiger partial charge < -0.3 is 20.2 Å². The van der Waals surface area contributed by atoms with E-state index in [2.05, 4.69) is 4.74 Å². The van der Waals surface area contributed by atoms with Crippen molar-refractivity contribution in [1.29, 1.82) is 0 Å². The Bertz CT molecular complexity index is 506. The van der Waals surface area contributed by atoms with Crippen LogP contribution in [0.3, 0.4) is 0 Å². The number of esters is 1. The lowest BCUT2D eigenvalue weighted by Crippen LogP contribution is -2.29. The molecule has 0 aliphatic rings. The largest absolute Gasteiger partial charge is 0.619 e. The molecule has 1 heterocycles. The predicted octanol–water partition coefficient (Wildman–Crippen LogP) is -0.424. The van der Waals surface area contributed by atoms with Crippen molar-refractivity contribution in [2.45, 2.75) is 25.6 Å². The Morgan fingerprint density at radius 1 is 1.55 bits per heavy atom. The Kier molecular flexibility index (Phi) is 5.35. The standard InChI is InChI=1S/C11H14N2O7/c1-2-20-10(15)5-9(14)11(16)7-6-12(17)4-3-8(7)13(18)19/h3-4,6,9,11,14,16H,2,5H2,1H3. The smallest absolute Gasteiger partial charge is 0.308 e. The number of aliphatic hydroxyl groups excluding tert-OH is 2. The van der Waals surface area contributed by atoms with Gasteiger partial charge >= 0.3 is 5.97 Å². The van der Waals surface area contributed by atoms with E-state index in [9.17, 15) is 30.3 Å². The van der Waals surface area contributed by atoms with Crippen molar-refractivity contribution in [3.8, 4) is 0 Å². The Labute approximate surface area is 113 Å². The highest BCUT2D eigenvalue weighted by molar-refractivity contribution is 5.70. The van der Waals surface area contributed by atoms with Crippen LogP contribution in [0.5, 0.6) is 0 Å². The fraction of sp³-hybridized carbons (Fsp3) is 0.455. The second-order valence-electron chi connectivity index (χ2n) is 3.92. The number of hydrogen-bond acceptors (Lipinski definition) is 7. The summed E-state index contributed by atoms with van der Waals surface area (Å²) in [5.41, 5.74) is -0.892. The zero-order valence-electron chi connectivity index (χ0n) is 10.6. The van der Waals surface area contributed by atoms with Gasteiger partial charge in [-0.2, -0.15) is 4.73 Å². The van der Waals surface area contributed by atoms with E-state index >= 15 is 0 Å². The van der Waals surface area contributed by atoms with Crippen molar-refractivity contribution < 1.29 is 29.4 Å². The first-order valence-corrected chi connectivity index (χ1v) is 5.75. The number of carbonyl (C=O) groups is 1. The molecule has 0 aliphatic carbocycles. The zero-order valence-corrected chi connectivity index (χ0v) is 10.6. The number of aromatic nitrogens is 1. The number of carbonyl (C=O) groups excluding carboxylic acids is 1. The molecule has 1 aromatic rings. The van der Waals surface area contributed by atoms with Gasteiger partial charge in [-0.3, -0.25) is 14.9 Å². The van der Waals surface area contributed by atoms with Crippen LogP contribution in [0.15, 0.2) is 18.5 Å². The van der Waals surface area contributed by atoms with Crippen molar-refractivity contribution in [3.05, 3.63) is 39.3 Å². The molecule has 0 fully saturated rings. The van der Waals surface area contributed by atoms with Crippen LogP contribution in [0.4, 0.5) is 5.69 Å². The Morgan fingerprint density at radius 2 is 2.20 bits per heavy atom. The van der Waals surface area contributed by atoms with Crippen molar-refractivity contribution in [2.24, 2.45) is 0 Å². The first-order chi connectivity index (χ1) is 9.36. The van der Waals surface area contributed by atoms with Crippen molar-refractivity contribution in [1.82, 2.24) is 0 Å². The van der Waals surface area contributed by atoms with Crippen LogP contribution < -0.4 is 4.73 Å². The summed E-state index contributed by atoms with van der Waals surface area (Å²) in [5.74, 6) is -0.757. The van der Waals surface area contributed by atoms with Gasteiger partial charge in [-0.05, 0) is 6.92 Å². The molecule has 20 heavy (non-hydrogen) atoms. The Morgan fingerprint density at radius 3 is 2.75 bits per heavy atom. The quantitative estimate of drug-likeness (QED) is 0.238. The minimum absolute atomic E-state index is 0.105. The molecule has 1 rings (SSSR count). The first kappa shape index (κ1) is 15.8. The molecule has 0 spiro atoms. The molecule has 0 aliphatic heterocycles. The van der Waals surface area contributed by atoms with Gasteiger partial charge in [0.2, 0.25) is 0 Å². The Balaban J connectivity index is 2.95. The molecule has 9 nitrogen and oxygen atoms in total. The average molecular weight is 286 g/mol. The molecular weight excluding hydrogens is 272 g/mol. The number of hydrogen-bond donors (Lipinski definition) is 2. The molecule has 9 heteroatoms. The maximum absolute atomic E-state index is 11.2. The van der Waals surface area contributed by atoms with Crippen LogP contribution in [-0.2, 0) is 9.53 Å². The van der Waals surface area contributed by atoms with E-state index < -0.39 is 35.2 Å². The zero-order chi connectivity index (χ0) is 15.3. The molecule has 2 unspecified atom stereocenters. The number of nitro groups is 1.